The minimum atomic E-state index is 0.577. The van der Waals surface area contributed by atoms with E-state index in [2.05, 4.69) is 30.7 Å². The predicted molar refractivity (Wildman–Crippen MR) is 64.9 cm³/mol. The van der Waals surface area contributed by atoms with Crippen LogP contribution in [0.25, 0.3) is 0 Å². The van der Waals surface area contributed by atoms with Crippen molar-refractivity contribution in [2.75, 3.05) is 14.1 Å². The van der Waals surface area contributed by atoms with Crippen molar-refractivity contribution in [2.24, 2.45) is 17.8 Å². The molecule has 0 radical (unpaired) electrons. The number of rotatable bonds is 2. The van der Waals surface area contributed by atoms with Gasteiger partial charge < -0.3 is 4.90 Å². The lowest BCUT2D eigenvalue weighted by Gasteiger charge is -2.36. The van der Waals surface area contributed by atoms with Gasteiger partial charge in [0.1, 0.15) is 0 Å². The van der Waals surface area contributed by atoms with Gasteiger partial charge in [0, 0.05) is 32.5 Å². The van der Waals surface area contributed by atoms with Crippen LogP contribution in [0.3, 0.4) is 0 Å². The van der Waals surface area contributed by atoms with Gasteiger partial charge in [0.2, 0.25) is 0 Å². The molecule has 0 spiro atoms. The lowest BCUT2D eigenvalue weighted by Crippen LogP contribution is -2.28. The SMILES string of the molecule is CC#CC(C)C1CC(CC#CN(C)C)C1. The van der Waals surface area contributed by atoms with E-state index in [9.17, 15) is 0 Å². The fourth-order valence-electron chi connectivity index (χ4n) is 2.06. The maximum Gasteiger partial charge on any atom is 0.0202 e. The summed E-state index contributed by atoms with van der Waals surface area (Å²) in [6, 6.07) is 3.07. The van der Waals surface area contributed by atoms with Gasteiger partial charge in [-0.2, -0.15) is 0 Å². The van der Waals surface area contributed by atoms with Crippen LogP contribution in [0.15, 0.2) is 0 Å². The fraction of sp³-hybridized carbons (Fsp3) is 0.714. The Bertz CT molecular complexity index is 302. The van der Waals surface area contributed by atoms with Crippen LogP contribution in [0.4, 0.5) is 0 Å². The van der Waals surface area contributed by atoms with Crippen molar-refractivity contribution in [3.63, 3.8) is 0 Å². The zero-order valence-electron chi connectivity index (χ0n) is 10.3. The van der Waals surface area contributed by atoms with E-state index in [1.807, 2.05) is 25.9 Å². The molecular weight excluding hydrogens is 182 g/mol. The molecule has 1 aliphatic carbocycles. The van der Waals surface area contributed by atoms with E-state index in [0.29, 0.717) is 5.92 Å². The maximum atomic E-state index is 3.25. The Balaban J connectivity index is 2.20. The van der Waals surface area contributed by atoms with Crippen LogP contribution in [0, 0.1) is 41.6 Å². The maximum absolute atomic E-state index is 3.25. The lowest BCUT2D eigenvalue weighted by molar-refractivity contribution is 0.162. The number of hydrogen-bond acceptors (Lipinski definition) is 1. The van der Waals surface area contributed by atoms with Gasteiger partial charge >= 0.3 is 0 Å². The normalized spacial score (nSPS) is 25.1. The third-order valence-electron chi connectivity index (χ3n) is 3.04. The van der Waals surface area contributed by atoms with Crippen LogP contribution >= 0.6 is 0 Å². The second kappa shape index (κ2) is 5.72. The summed E-state index contributed by atoms with van der Waals surface area (Å²) in [5.74, 6) is 11.7. The first-order valence-electron chi connectivity index (χ1n) is 5.71. The zero-order chi connectivity index (χ0) is 11.3. The first-order valence-corrected chi connectivity index (χ1v) is 5.71. The van der Waals surface area contributed by atoms with Crippen LogP contribution in [-0.2, 0) is 0 Å². The monoisotopic (exact) mass is 203 g/mol. The van der Waals surface area contributed by atoms with E-state index in [4.69, 9.17) is 0 Å². The molecule has 15 heavy (non-hydrogen) atoms. The van der Waals surface area contributed by atoms with Crippen LogP contribution in [0.2, 0.25) is 0 Å². The van der Waals surface area contributed by atoms with Crippen LogP contribution in [-0.4, -0.2) is 19.0 Å². The number of hydrogen-bond donors (Lipinski definition) is 0. The Morgan fingerprint density at radius 1 is 1.33 bits per heavy atom. The van der Waals surface area contributed by atoms with Gasteiger partial charge in [0.25, 0.3) is 0 Å². The van der Waals surface area contributed by atoms with Crippen molar-refractivity contribution in [1.29, 1.82) is 0 Å². The van der Waals surface area contributed by atoms with Gasteiger partial charge in [0.15, 0.2) is 0 Å². The van der Waals surface area contributed by atoms with Crippen molar-refractivity contribution in [3.8, 4) is 23.8 Å². The van der Waals surface area contributed by atoms with Crippen LogP contribution in [0.1, 0.15) is 33.1 Å². The molecule has 1 aliphatic rings. The summed E-state index contributed by atoms with van der Waals surface area (Å²) < 4.78 is 0. The minimum Gasteiger partial charge on any atom is -0.339 e. The molecule has 0 aliphatic heterocycles. The van der Waals surface area contributed by atoms with Crippen LogP contribution in [0.5, 0.6) is 0 Å². The first kappa shape index (κ1) is 12.0. The zero-order valence-corrected chi connectivity index (χ0v) is 10.3. The molecule has 0 heterocycles. The summed E-state index contributed by atoms with van der Waals surface area (Å²) in [6.45, 7) is 4.16. The van der Waals surface area contributed by atoms with Gasteiger partial charge in [-0.1, -0.05) is 12.8 Å². The first-order chi connectivity index (χ1) is 7.13. The van der Waals surface area contributed by atoms with E-state index >= 15 is 0 Å². The molecule has 0 amide bonds. The van der Waals surface area contributed by atoms with Gasteiger partial charge in [0.05, 0.1) is 0 Å². The highest BCUT2D eigenvalue weighted by molar-refractivity contribution is 5.06. The molecule has 0 N–H and O–H groups in total. The average molecular weight is 203 g/mol. The summed E-state index contributed by atoms with van der Waals surface area (Å²) in [5, 5.41) is 0. The molecule has 82 valence electrons. The molecule has 1 unspecified atom stereocenters. The fourth-order valence-corrected chi connectivity index (χ4v) is 2.06. The average Bonchev–Trinajstić information content (AvgIpc) is 2.08. The Labute approximate surface area is 94.2 Å². The van der Waals surface area contributed by atoms with Crippen molar-refractivity contribution < 1.29 is 0 Å². The topological polar surface area (TPSA) is 3.24 Å². The van der Waals surface area contributed by atoms with Crippen molar-refractivity contribution >= 4 is 0 Å². The van der Waals surface area contributed by atoms with Gasteiger partial charge in [-0.05, 0) is 31.6 Å². The third-order valence-corrected chi connectivity index (χ3v) is 3.04. The van der Waals surface area contributed by atoms with E-state index in [1.165, 1.54) is 12.8 Å². The molecule has 0 aromatic carbocycles. The predicted octanol–water partition coefficient (Wildman–Crippen LogP) is 2.58. The summed E-state index contributed by atoms with van der Waals surface area (Å²) >= 11 is 0. The molecule has 0 aromatic heterocycles. The standard InChI is InChI=1S/C14H21N/c1-5-7-12(2)14-10-13(11-14)8-6-9-15(3)4/h12-14H,8,10-11H2,1-4H3. The quantitative estimate of drug-likeness (QED) is 0.492. The molecule has 0 saturated heterocycles. The molecule has 1 fully saturated rings. The lowest BCUT2D eigenvalue weighted by atomic mass is 9.68. The summed E-state index contributed by atoms with van der Waals surface area (Å²) in [4.78, 5) is 1.92. The van der Waals surface area contributed by atoms with Gasteiger partial charge in [-0.3, -0.25) is 0 Å². The Morgan fingerprint density at radius 3 is 2.53 bits per heavy atom. The highest BCUT2D eigenvalue weighted by Gasteiger charge is 2.31. The van der Waals surface area contributed by atoms with E-state index < -0.39 is 0 Å². The molecule has 1 atom stereocenters. The largest absolute Gasteiger partial charge is 0.339 e. The van der Waals surface area contributed by atoms with E-state index in [0.717, 1.165) is 18.3 Å². The summed E-state index contributed by atoms with van der Waals surface area (Å²) in [6.07, 6.45) is 3.69. The molecule has 0 aromatic rings. The highest BCUT2D eigenvalue weighted by Crippen LogP contribution is 2.40. The molecule has 1 heteroatoms. The molecule has 0 bridgehead atoms. The van der Waals surface area contributed by atoms with Gasteiger partial charge in [-0.25, -0.2) is 0 Å². The summed E-state index contributed by atoms with van der Waals surface area (Å²) in [5.41, 5.74) is 0. The van der Waals surface area contributed by atoms with Crippen molar-refractivity contribution in [3.05, 3.63) is 0 Å². The molecule has 1 saturated carbocycles. The van der Waals surface area contributed by atoms with Crippen LogP contribution < -0.4 is 0 Å². The molecule has 1 rings (SSSR count). The third kappa shape index (κ3) is 3.88. The highest BCUT2D eigenvalue weighted by atomic mass is 15.0. The smallest absolute Gasteiger partial charge is 0.0202 e. The second-order valence-corrected chi connectivity index (χ2v) is 4.67. The van der Waals surface area contributed by atoms with Gasteiger partial charge in [-0.15, -0.1) is 11.8 Å². The Kier molecular flexibility index (Phi) is 4.57. The molecular formula is C14H21N. The van der Waals surface area contributed by atoms with E-state index in [-0.39, 0.29) is 0 Å². The Hall–Kier alpha value is -1.08. The van der Waals surface area contributed by atoms with Crippen molar-refractivity contribution in [1.82, 2.24) is 4.90 Å². The summed E-state index contributed by atoms with van der Waals surface area (Å²) in [7, 11) is 3.96. The molecule has 1 nitrogen and oxygen atoms in total. The Morgan fingerprint density at radius 2 is 2.00 bits per heavy atom. The van der Waals surface area contributed by atoms with E-state index in [1.54, 1.807) is 0 Å². The minimum absolute atomic E-state index is 0.577. The van der Waals surface area contributed by atoms with Crippen molar-refractivity contribution in [2.45, 2.75) is 33.1 Å². The second-order valence-electron chi connectivity index (χ2n) is 4.67. The number of nitrogens with zero attached hydrogens (tertiary/aromatic N) is 1.